The third-order valence-corrected chi connectivity index (χ3v) is 9.97. The molecule has 0 radical (unpaired) electrons. The number of anilines is 1. The van der Waals surface area contributed by atoms with E-state index in [4.69, 9.17) is 14.9 Å². The molecule has 0 aromatic carbocycles. The molecule has 25 heavy (non-hydrogen) atoms. The number of rotatable bonds is 4. The second kappa shape index (κ2) is 6.35. The summed E-state index contributed by atoms with van der Waals surface area (Å²) in [5, 5.41) is 10.7. The standard InChI is InChI=1S/C17H28N4O3Si/c1-17(2,3)25(4,5)24-12-8-14(23-13(12)9-22)21-7-6-11-15(18)19-10-20-16(11)21/h6-7,10,12-14,22H,8-9H2,1-5H3,(H2,18,19,20)/t12-,13+,14+/m0/s1. The summed E-state index contributed by atoms with van der Waals surface area (Å²) in [5.41, 5.74) is 6.65. The molecule has 2 aromatic heterocycles. The van der Waals surface area contributed by atoms with Crippen molar-refractivity contribution >= 4 is 25.2 Å². The Balaban J connectivity index is 1.85. The van der Waals surface area contributed by atoms with E-state index in [0.29, 0.717) is 12.2 Å². The van der Waals surface area contributed by atoms with Gasteiger partial charge in [0.2, 0.25) is 0 Å². The maximum Gasteiger partial charge on any atom is 0.192 e. The lowest BCUT2D eigenvalue weighted by molar-refractivity contribution is -0.0408. The third-order valence-electron chi connectivity index (χ3n) is 5.46. The number of hydrogen-bond donors (Lipinski definition) is 2. The van der Waals surface area contributed by atoms with Gasteiger partial charge in [0.05, 0.1) is 18.1 Å². The van der Waals surface area contributed by atoms with Gasteiger partial charge in [0.25, 0.3) is 0 Å². The van der Waals surface area contributed by atoms with Crippen molar-refractivity contribution in [1.29, 1.82) is 0 Å². The fourth-order valence-corrected chi connectivity index (χ4v) is 4.30. The van der Waals surface area contributed by atoms with Gasteiger partial charge in [-0.3, -0.25) is 0 Å². The van der Waals surface area contributed by atoms with Crippen LogP contribution >= 0.6 is 0 Å². The molecule has 0 aliphatic carbocycles. The number of nitrogen functional groups attached to an aromatic ring is 1. The first-order valence-electron chi connectivity index (χ1n) is 8.65. The van der Waals surface area contributed by atoms with Gasteiger partial charge in [-0.25, -0.2) is 9.97 Å². The molecule has 0 spiro atoms. The zero-order chi connectivity index (χ0) is 18.4. The predicted molar refractivity (Wildman–Crippen MR) is 99.6 cm³/mol. The van der Waals surface area contributed by atoms with E-state index in [1.807, 2.05) is 16.8 Å². The average Bonchev–Trinajstić information content (AvgIpc) is 3.10. The summed E-state index contributed by atoms with van der Waals surface area (Å²) in [4.78, 5) is 8.36. The molecule has 0 bridgehead atoms. The van der Waals surface area contributed by atoms with Crippen LogP contribution < -0.4 is 5.73 Å². The van der Waals surface area contributed by atoms with Gasteiger partial charge in [-0.15, -0.1) is 0 Å². The van der Waals surface area contributed by atoms with Gasteiger partial charge in [0.15, 0.2) is 8.32 Å². The molecule has 138 valence electrons. The molecule has 1 saturated heterocycles. The molecule has 3 rings (SSSR count). The molecule has 0 amide bonds. The Kier molecular flexibility index (Phi) is 4.65. The molecule has 3 N–H and O–H groups in total. The van der Waals surface area contributed by atoms with Crippen molar-refractivity contribution in [2.75, 3.05) is 12.3 Å². The summed E-state index contributed by atoms with van der Waals surface area (Å²) in [7, 11) is -1.95. The van der Waals surface area contributed by atoms with Crippen molar-refractivity contribution in [2.45, 2.75) is 63.8 Å². The summed E-state index contributed by atoms with van der Waals surface area (Å²) < 4.78 is 14.5. The summed E-state index contributed by atoms with van der Waals surface area (Å²) in [5.74, 6) is 0.453. The molecule has 3 heterocycles. The SMILES string of the molecule is CC(C)(C)[Si](C)(C)O[C@H]1C[C@H](n2ccc3c(N)ncnc32)O[C@@H]1CO. The van der Waals surface area contributed by atoms with E-state index in [9.17, 15) is 5.11 Å². The Bertz CT molecular complexity index is 756. The normalized spacial score (nSPS) is 25.0. The second-order valence-corrected chi connectivity index (χ2v) is 12.9. The lowest BCUT2D eigenvalue weighted by Gasteiger charge is -2.39. The number of nitrogens with two attached hydrogens (primary N) is 1. The zero-order valence-electron chi connectivity index (χ0n) is 15.6. The molecule has 0 unspecified atom stereocenters. The van der Waals surface area contributed by atoms with Crippen LogP contribution in [0.3, 0.4) is 0 Å². The van der Waals surface area contributed by atoms with Crippen molar-refractivity contribution in [3.63, 3.8) is 0 Å². The second-order valence-electron chi connectivity index (χ2n) is 8.18. The molecule has 2 aromatic rings. The van der Waals surface area contributed by atoms with Gasteiger partial charge in [-0.2, -0.15) is 0 Å². The van der Waals surface area contributed by atoms with Crippen LogP contribution in [0.2, 0.25) is 18.1 Å². The number of hydrogen-bond acceptors (Lipinski definition) is 6. The van der Waals surface area contributed by atoms with Gasteiger partial charge in [-0.05, 0) is 24.2 Å². The fourth-order valence-electron chi connectivity index (χ4n) is 2.94. The molecule has 8 heteroatoms. The van der Waals surface area contributed by atoms with Crippen LogP contribution in [-0.4, -0.2) is 46.8 Å². The van der Waals surface area contributed by atoms with Gasteiger partial charge >= 0.3 is 0 Å². The topological polar surface area (TPSA) is 95.4 Å². The minimum Gasteiger partial charge on any atom is -0.411 e. The largest absolute Gasteiger partial charge is 0.411 e. The summed E-state index contributed by atoms with van der Waals surface area (Å²) >= 11 is 0. The predicted octanol–water partition coefficient (Wildman–Crippen LogP) is 2.68. The number of fused-ring (bicyclic) bond motifs is 1. The van der Waals surface area contributed by atoms with Crippen LogP contribution in [0.5, 0.6) is 0 Å². The third kappa shape index (κ3) is 3.31. The quantitative estimate of drug-likeness (QED) is 0.810. The highest BCUT2D eigenvalue weighted by molar-refractivity contribution is 6.74. The molecule has 0 saturated carbocycles. The van der Waals surface area contributed by atoms with E-state index >= 15 is 0 Å². The zero-order valence-corrected chi connectivity index (χ0v) is 16.6. The van der Waals surface area contributed by atoms with Crippen LogP contribution in [0.1, 0.15) is 33.4 Å². The van der Waals surface area contributed by atoms with E-state index in [1.165, 1.54) is 6.33 Å². The van der Waals surface area contributed by atoms with Crippen molar-refractivity contribution in [3.05, 3.63) is 18.6 Å². The van der Waals surface area contributed by atoms with Gasteiger partial charge in [0.1, 0.15) is 30.1 Å². The van der Waals surface area contributed by atoms with Crippen LogP contribution in [0.25, 0.3) is 11.0 Å². The Hall–Kier alpha value is -1.48. The van der Waals surface area contributed by atoms with Crippen LogP contribution in [0, 0.1) is 0 Å². The lowest BCUT2D eigenvalue weighted by atomic mass is 10.2. The maximum atomic E-state index is 9.76. The van der Waals surface area contributed by atoms with Crippen molar-refractivity contribution in [2.24, 2.45) is 0 Å². The average molecular weight is 365 g/mol. The van der Waals surface area contributed by atoms with Crippen LogP contribution in [0.4, 0.5) is 5.82 Å². The highest BCUT2D eigenvalue weighted by Crippen LogP contribution is 2.41. The maximum absolute atomic E-state index is 9.76. The first-order chi connectivity index (χ1) is 11.6. The number of aromatic nitrogens is 3. The molecule has 1 aliphatic rings. The minimum atomic E-state index is -1.95. The van der Waals surface area contributed by atoms with Gasteiger partial charge < -0.3 is 24.6 Å². The van der Waals surface area contributed by atoms with E-state index < -0.39 is 8.32 Å². The van der Waals surface area contributed by atoms with E-state index in [-0.39, 0.29) is 30.1 Å². The number of aliphatic hydroxyl groups excluding tert-OH is 1. The van der Waals surface area contributed by atoms with Crippen LogP contribution in [-0.2, 0) is 9.16 Å². The highest BCUT2D eigenvalue weighted by atomic mass is 28.4. The number of ether oxygens (including phenoxy) is 1. The lowest BCUT2D eigenvalue weighted by Crippen LogP contribution is -2.46. The fraction of sp³-hybridized carbons (Fsp3) is 0.647. The van der Waals surface area contributed by atoms with E-state index in [0.717, 1.165) is 11.0 Å². The number of nitrogens with zero attached hydrogens (tertiary/aromatic N) is 3. The van der Waals surface area contributed by atoms with Gasteiger partial charge in [0, 0.05) is 12.6 Å². The molecule has 1 fully saturated rings. The van der Waals surface area contributed by atoms with E-state index in [2.05, 4.69) is 43.8 Å². The molecule has 1 aliphatic heterocycles. The van der Waals surface area contributed by atoms with Crippen LogP contribution in [0.15, 0.2) is 18.6 Å². The first-order valence-corrected chi connectivity index (χ1v) is 11.6. The van der Waals surface area contributed by atoms with Crippen molar-refractivity contribution in [1.82, 2.24) is 14.5 Å². The first kappa shape index (κ1) is 18.3. The smallest absolute Gasteiger partial charge is 0.192 e. The Morgan fingerprint density at radius 2 is 2.12 bits per heavy atom. The molecular weight excluding hydrogens is 336 g/mol. The molecular formula is C17H28N4O3Si. The summed E-state index contributed by atoms with van der Waals surface area (Å²) in [6, 6.07) is 1.89. The van der Waals surface area contributed by atoms with Crippen molar-refractivity contribution in [3.8, 4) is 0 Å². The Labute approximate surface area is 149 Å². The molecule has 3 atom stereocenters. The van der Waals surface area contributed by atoms with Crippen molar-refractivity contribution < 1.29 is 14.3 Å². The minimum absolute atomic E-state index is 0.0634. The van der Waals surface area contributed by atoms with Gasteiger partial charge in [-0.1, -0.05) is 20.8 Å². The Morgan fingerprint density at radius 3 is 2.76 bits per heavy atom. The Morgan fingerprint density at radius 1 is 1.40 bits per heavy atom. The number of aliphatic hydroxyl groups is 1. The highest BCUT2D eigenvalue weighted by Gasteiger charge is 2.45. The summed E-state index contributed by atoms with van der Waals surface area (Å²) in [6.45, 7) is 11.0. The summed E-state index contributed by atoms with van der Waals surface area (Å²) in [6.07, 6.45) is 3.33. The van der Waals surface area contributed by atoms with E-state index in [1.54, 1.807) is 0 Å². The molecule has 7 nitrogen and oxygen atoms in total. The monoisotopic (exact) mass is 364 g/mol.